The summed E-state index contributed by atoms with van der Waals surface area (Å²) in [5.41, 5.74) is 2.59. The third-order valence-corrected chi connectivity index (χ3v) is 7.04. The number of hydrogen-bond donors (Lipinski definition) is 1. The molecule has 1 saturated heterocycles. The van der Waals surface area contributed by atoms with Crippen LogP contribution in [0.5, 0.6) is 0 Å². The molecule has 0 spiro atoms. The summed E-state index contributed by atoms with van der Waals surface area (Å²) in [7, 11) is 1.77. The van der Waals surface area contributed by atoms with Crippen LogP contribution in [0, 0.1) is 5.92 Å². The lowest BCUT2D eigenvalue weighted by atomic mass is 9.84. The number of para-hydroxylation sites is 1. The van der Waals surface area contributed by atoms with E-state index >= 15 is 0 Å². The summed E-state index contributed by atoms with van der Waals surface area (Å²) >= 11 is 0. The number of benzene rings is 2. The molecule has 3 heterocycles. The number of aromatic nitrogens is 1. The third-order valence-electron chi connectivity index (χ3n) is 7.04. The number of carbonyl (C=O) groups is 1. The van der Waals surface area contributed by atoms with E-state index in [1.165, 1.54) is 0 Å². The number of amides is 1. The van der Waals surface area contributed by atoms with Gasteiger partial charge in [0.15, 0.2) is 5.76 Å². The highest BCUT2D eigenvalue weighted by Crippen LogP contribution is 2.35. The van der Waals surface area contributed by atoms with Crippen LogP contribution in [0.25, 0.3) is 21.9 Å². The molecule has 2 aromatic heterocycles. The lowest BCUT2D eigenvalue weighted by molar-refractivity contribution is -0.0278. The monoisotopic (exact) mass is 471 g/mol. The van der Waals surface area contributed by atoms with Gasteiger partial charge in [0.2, 0.25) is 0 Å². The second-order valence-corrected chi connectivity index (χ2v) is 10.2. The van der Waals surface area contributed by atoms with Gasteiger partial charge in [0.1, 0.15) is 5.58 Å². The first-order valence-corrected chi connectivity index (χ1v) is 12.4. The number of piperidine rings is 1. The maximum atomic E-state index is 13.2. The average Bonchev–Trinajstić information content (AvgIpc) is 3.28. The van der Waals surface area contributed by atoms with Crippen LogP contribution in [0.1, 0.15) is 48.4 Å². The van der Waals surface area contributed by atoms with Crippen molar-refractivity contribution in [1.82, 2.24) is 14.8 Å². The minimum atomic E-state index is -0.846. The van der Waals surface area contributed by atoms with Gasteiger partial charge in [-0.3, -0.25) is 9.78 Å². The summed E-state index contributed by atoms with van der Waals surface area (Å²) < 4.78 is 5.92. The van der Waals surface area contributed by atoms with E-state index in [0.29, 0.717) is 36.6 Å². The number of hydrogen-bond acceptors (Lipinski definition) is 5. The van der Waals surface area contributed by atoms with Crippen LogP contribution < -0.4 is 0 Å². The zero-order valence-electron chi connectivity index (χ0n) is 20.7. The highest BCUT2D eigenvalue weighted by Gasteiger charge is 2.34. The van der Waals surface area contributed by atoms with Gasteiger partial charge in [-0.15, -0.1) is 0 Å². The van der Waals surface area contributed by atoms with Gasteiger partial charge in [0.05, 0.1) is 11.1 Å². The van der Waals surface area contributed by atoms with Gasteiger partial charge in [-0.2, -0.15) is 0 Å². The predicted octanol–water partition coefficient (Wildman–Crippen LogP) is 5.19. The van der Waals surface area contributed by atoms with Crippen molar-refractivity contribution in [2.24, 2.45) is 5.92 Å². The van der Waals surface area contributed by atoms with E-state index in [1.54, 1.807) is 24.2 Å². The number of fused-ring (bicyclic) bond motifs is 2. The second kappa shape index (κ2) is 9.44. The molecule has 1 aliphatic rings. The van der Waals surface area contributed by atoms with Crippen molar-refractivity contribution in [1.29, 1.82) is 0 Å². The largest absolute Gasteiger partial charge is 0.451 e. The summed E-state index contributed by atoms with van der Waals surface area (Å²) in [6, 6.07) is 17.5. The maximum absolute atomic E-state index is 13.2. The fraction of sp³-hybridized carbons (Fsp3) is 0.379. The van der Waals surface area contributed by atoms with Crippen molar-refractivity contribution in [2.45, 2.75) is 38.8 Å². The fourth-order valence-corrected chi connectivity index (χ4v) is 5.16. The summed E-state index contributed by atoms with van der Waals surface area (Å²) in [6.45, 7) is 7.71. The molecule has 1 N–H and O–H groups in total. The molecule has 0 saturated carbocycles. The molecule has 0 aliphatic carbocycles. The zero-order chi connectivity index (χ0) is 24.6. The van der Waals surface area contributed by atoms with Crippen LogP contribution in [-0.4, -0.2) is 52.5 Å². The maximum Gasteiger partial charge on any atom is 0.289 e. The zero-order valence-corrected chi connectivity index (χ0v) is 20.7. The van der Waals surface area contributed by atoms with Crippen LogP contribution in [0.15, 0.2) is 65.2 Å². The van der Waals surface area contributed by atoms with Gasteiger partial charge >= 0.3 is 0 Å². The van der Waals surface area contributed by atoms with Crippen LogP contribution in [0.4, 0.5) is 0 Å². The van der Waals surface area contributed by atoms with Crippen molar-refractivity contribution in [3.8, 4) is 0 Å². The standard InChI is InChI=1S/C29H33N3O3/c1-20(2)18-32-14-11-29(34,12-15-32)24-9-10-25-23(16-24)17-26(35-25)28(33)31(3)19-22-7-4-6-21-8-5-13-30-27(21)22/h4-10,13,16-17,20,34H,11-12,14-15,18-19H2,1-3H3. The van der Waals surface area contributed by atoms with E-state index in [0.717, 1.165) is 47.1 Å². The smallest absolute Gasteiger partial charge is 0.289 e. The van der Waals surface area contributed by atoms with Crippen LogP contribution in [0.3, 0.4) is 0 Å². The Labute approximate surface area is 206 Å². The molecule has 0 atom stereocenters. The van der Waals surface area contributed by atoms with Crippen LogP contribution in [0.2, 0.25) is 0 Å². The minimum Gasteiger partial charge on any atom is -0.451 e. The van der Waals surface area contributed by atoms with E-state index in [2.05, 4.69) is 23.7 Å². The topological polar surface area (TPSA) is 69.8 Å². The predicted molar refractivity (Wildman–Crippen MR) is 138 cm³/mol. The first-order chi connectivity index (χ1) is 16.8. The molecular weight excluding hydrogens is 438 g/mol. The number of likely N-dealkylation sites (tertiary alicyclic amines) is 1. The van der Waals surface area contributed by atoms with E-state index in [1.807, 2.05) is 48.5 Å². The molecule has 5 rings (SSSR count). The first-order valence-electron chi connectivity index (χ1n) is 12.4. The van der Waals surface area contributed by atoms with Gasteiger partial charge in [-0.1, -0.05) is 44.2 Å². The molecular formula is C29H33N3O3. The number of furan rings is 1. The number of nitrogens with zero attached hydrogens (tertiary/aromatic N) is 3. The van der Waals surface area contributed by atoms with E-state index in [4.69, 9.17) is 4.42 Å². The van der Waals surface area contributed by atoms with Gasteiger partial charge in [0.25, 0.3) is 5.91 Å². The Morgan fingerprint density at radius 2 is 1.89 bits per heavy atom. The summed E-state index contributed by atoms with van der Waals surface area (Å²) in [4.78, 5) is 21.8. The van der Waals surface area contributed by atoms with Crippen molar-refractivity contribution in [3.63, 3.8) is 0 Å². The first kappa shape index (κ1) is 23.5. The third kappa shape index (κ3) is 4.81. The van der Waals surface area contributed by atoms with Gasteiger partial charge < -0.3 is 19.3 Å². The molecule has 1 amide bonds. The van der Waals surface area contributed by atoms with Crippen molar-refractivity contribution >= 4 is 27.8 Å². The lowest BCUT2D eigenvalue weighted by Crippen LogP contribution is -2.43. The Bertz CT molecular complexity index is 1350. The second-order valence-electron chi connectivity index (χ2n) is 10.2. The van der Waals surface area contributed by atoms with Gasteiger partial charge in [0, 0.05) is 50.2 Å². The highest BCUT2D eigenvalue weighted by molar-refractivity contribution is 5.96. The van der Waals surface area contributed by atoms with Crippen molar-refractivity contribution in [2.75, 3.05) is 26.7 Å². The van der Waals surface area contributed by atoms with E-state index in [-0.39, 0.29) is 5.91 Å². The molecule has 0 bridgehead atoms. The molecule has 2 aromatic carbocycles. The highest BCUT2D eigenvalue weighted by atomic mass is 16.3. The Balaban J connectivity index is 1.33. The SMILES string of the molecule is CC(C)CN1CCC(O)(c2ccc3oc(C(=O)N(C)Cc4cccc5cccnc45)cc3c2)CC1. The van der Waals surface area contributed by atoms with E-state index < -0.39 is 5.60 Å². The molecule has 35 heavy (non-hydrogen) atoms. The number of rotatable bonds is 6. The molecule has 6 heteroatoms. The molecule has 6 nitrogen and oxygen atoms in total. The van der Waals surface area contributed by atoms with Crippen molar-refractivity contribution in [3.05, 3.63) is 77.7 Å². The molecule has 1 fully saturated rings. The lowest BCUT2D eigenvalue weighted by Gasteiger charge is -2.39. The Hall–Kier alpha value is -3.22. The quantitative estimate of drug-likeness (QED) is 0.419. The Kier molecular flexibility index (Phi) is 6.34. The normalized spacial score (nSPS) is 16.3. The summed E-state index contributed by atoms with van der Waals surface area (Å²) in [6.07, 6.45) is 3.18. The minimum absolute atomic E-state index is 0.184. The molecule has 182 valence electrons. The molecule has 0 radical (unpaired) electrons. The number of pyridine rings is 1. The number of carbonyl (C=O) groups excluding carboxylic acids is 1. The van der Waals surface area contributed by atoms with Crippen LogP contribution in [-0.2, 0) is 12.1 Å². The molecule has 0 unspecified atom stereocenters. The Morgan fingerprint density at radius 1 is 1.11 bits per heavy atom. The Morgan fingerprint density at radius 3 is 2.66 bits per heavy atom. The summed E-state index contributed by atoms with van der Waals surface area (Å²) in [5.74, 6) is 0.734. The number of aliphatic hydroxyl groups is 1. The summed E-state index contributed by atoms with van der Waals surface area (Å²) in [5, 5.41) is 13.3. The van der Waals surface area contributed by atoms with E-state index in [9.17, 15) is 9.90 Å². The fourth-order valence-electron chi connectivity index (χ4n) is 5.16. The van der Waals surface area contributed by atoms with Gasteiger partial charge in [-0.25, -0.2) is 0 Å². The molecule has 1 aliphatic heterocycles. The van der Waals surface area contributed by atoms with Crippen LogP contribution >= 0.6 is 0 Å². The average molecular weight is 472 g/mol. The van der Waals surface area contributed by atoms with Gasteiger partial charge in [-0.05, 0) is 54.2 Å². The van der Waals surface area contributed by atoms with Crippen molar-refractivity contribution < 1.29 is 14.3 Å². The molecule has 4 aromatic rings.